The van der Waals surface area contributed by atoms with Gasteiger partial charge in [0.2, 0.25) is 5.91 Å². The first kappa shape index (κ1) is 25.5. The number of rotatable bonds is 9. The SMILES string of the molecule is C[C@@H](NC(=O)CN(c1ccc(Oc2ccccc2)cc1)S(=O)(=O)c1ccccc1)c1ccc2c(c1)CCC2. The molecule has 194 valence electrons. The number of amides is 1. The molecule has 0 unspecified atom stereocenters. The van der Waals surface area contributed by atoms with Gasteiger partial charge in [0.1, 0.15) is 18.0 Å². The van der Waals surface area contributed by atoms with Crippen molar-refractivity contribution < 1.29 is 17.9 Å². The number of anilines is 1. The van der Waals surface area contributed by atoms with E-state index < -0.39 is 10.0 Å². The van der Waals surface area contributed by atoms with Gasteiger partial charge in [-0.15, -0.1) is 0 Å². The summed E-state index contributed by atoms with van der Waals surface area (Å²) >= 11 is 0. The zero-order valence-electron chi connectivity index (χ0n) is 21.2. The molecule has 0 fully saturated rings. The van der Waals surface area contributed by atoms with Gasteiger partial charge < -0.3 is 10.1 Å². The summed E-state index contributed by atoms with van der Waals surface area (Å²) in [6.45, 7) is 1.56. The number of nitrogens with zero attached hydrogens (tertiary/aromatic N) is 1. The van der Waals surface area contributed by atoms with E-state index in [-0.39, 0.29) is 23.4 Å². The molecule has 0 bridgehead atoms. The van der Waals surface area contributed by atoms with Crippen molar-refractivity contribution >= 4 is 21.6 Å². The van der Waals surface area contributed by atoms with E-state index in [1.165, 1.54) is 23.3 Å². The van der Waals surface area contributed by atoms with E-state index in [1.807, 2.05) is 43.3 Å². The first-order valence-corrected chi connectivity index (χ1v) is 14.2. The second kappa shape index (κ2) is 11.1. The number of benzene rings is 4. The number of para-hydroxylation sites is 1. The molecule has 5 rings (SSSR count). The minimum atomic E-state index is -4.00. The van der Waals surface area contributed by atoms with Gasteiger partial charge in [0.05, 0.1) is 16.6 Å². The Bertz CT molecular complexity index is 1510. The molecule has 0 heterocycles. The van der Waals surface area contributed by atoms with E-state index in [9.17, 15) is 13.2 Å². The van der Waals surface area contributed by atoms with Crippen LogP contribution in [0.4, 0.5) is 5.69 Å². The lowest BCUT2D eigenvalue weighted by molar-refractivity contribution is -0.120. The molecule has 1 N–H and O–H groups in total. The first-order valence-electron chi connectivity index (χ1n) is 12.7. The smallest absolute Gasteiger partial charge is 0.264 e. The maximum atomic E-state index is 13.6. The molecular formula is C31H30N2O4S. The van der Waals surface area contributed by atoms with Crippen molar-refractivity contribution in [3.8, 4) is 11.5 Å². The zero-order valence-corrected chi connectivity index (χ0v) is 22.0. The fourth-order valence-electron chi connectivity index (χ4n) is 4.70. The Kier molecular flexibility index (Phi) is 7.47. The lowest BCUT2D eigenvalue weighted by Crippen LogP contribution is -2.41. The molecular weight excluding hydrogens is 496 g/mol. The summed E-state index contributed by atoms with van der Waals surface area (Å²) in [5, 5.41) is 2.99. The summed E-state index contributed by atoms with van der Waals surface area (Å²) in [7, 11) is -4.00. The van der Waals surface area contributed by atoms with Crippen molar-refractivity contribution in [2.45, 2.75) is 37.1 Å². The number of carbonyl (C=O) groups is 1. The average Bonchev–Trinajstić information content (AvgIpc) is 3.41. The topological polar surface area (TPSA) is 75.7 Å². The monoisotopic (exact) mass is 526 g/mol. The van der Waals surface area contributed by atoms with Crippen molar-refractivity contribution in [3.05, 3.63) is 120 Å². The Morgan fingerprint density at radius 1 is 0.842 bits per heavy atom. The molecule has 6 nitrogen and oxygen atoms in total. The molecule has 0 saturated carbocycles. The van der Waals surface area contributed by atoms with Gasteiger partial charge in [-0.2, -0.15) is 0 Å². The Labute approximate surface area is 223 Å². The third-order valence-corrected chi connectivity index (χ3v) is 8.51. The second-order valence-electron chi connectivity index (χ2n) is 9.40. The molecule has 4 aromatic rings. The number of hydrogen-bond acceptors (Lipinski definition) is 4. The van der Waals surface area contributed by atoms with Crippen LogP contribution in [0.2, 0.25) is 0 Å². The molecule has 1 atom stereocenters. The van der Waals surface area contributed by atoms with E-state index in [0.717, 1.165) is 29.1 Å². The zero-order chi connectivity index (χ0) is 26.5. The van der Waals surface area contributed by atoms with E-state index in [4.69, 9.17) is 4.74 Å². The van der Waals surface area contributed by atoms with Crippen LogP contribution in [0.3, 0.4) is 0 Å². The van der Waals surface area contributed by atoms with E-state index >= 15 is 0 Å². The van der Waals surface area contributed by atoms with Crippen LogP contribution in [-0.4, -0.2) is 20.9 Å². The Balaban J connectivity index is 1.37. The number of sulfonamides is 1. The van der Waals surface area contributed by atoms with Crippen LogP contribution in [0.1, 0.15) is 36.1 Å². The van der Waals surface area contributed by atoms with Crippen molar-refractivity contribution in [3.63, 3.8) is 0 Å². The van der Waals surface area contributed by atoms with Crippen molar-refractivity contribution in [2.24, 2.45) is 0 Å². The second-order valence-corrected chi connectivity index (χ2v) is 11.3. The minimum absolute atomic E-state index is 0.115. The first-order chi connectivity index (χ1) is 18.4. The molecule has 0 saturated heterocycles. The van der Waals surface area contributed by atoms with Gasteiger partial charge in [-0.25, -0.2) is 8.42 Å². The van der Waals surface area contributed by atoms with Crippen molar-refractivity contribution in [2.75, 3.05) is 10.8 Å². The number of carbonyl (C=O) groups excluding carboxylic acids is 1. The number of nitrogens with one attached hydrogen (secondary N) is 1. The maximum Gasteiger partial charge on any atom is 0.264 e. The summed E-state index contributed by atoms with van der Waals surface area (Å²) in [5.74, 6) is 0.850. The van der Waals surface area contributed by atoms with Crippen LogP contribution in [0.25, 0.3) is 0 Å². The standard InChI is InChI=1S/C31H30N2O4S/c1-23(25-16-15-24-9-8-10-26(24)21-25)32-31(34)22-33(38(35,36)30-13-6-3-7-14-30)27-17-19-29(20-18-27)37-28-11-4-2-5-12-28/h2-7,11-21,23H,8-10,22H2,1H3,(H,32,34)/t23-/m1/s1. The predicted molar refractivity (Wildman–Crippen MR) is 149 cm³/mol. The Morgan fingerprint density at radius 2 is 1.47 bits per heavy atom. The van der Waals surface area contributed by atoms with Crippen molar-refractivity contribution in [1.82, 2.24) is 5.32 Å². The molecule has 38 heavy (non-hydrogen) atoms. The van der Waals surface area contributed by atoms with Gasteiger partial charge in [-0.1, -0.05) is 54.6 Å². The Hall–Kier alpha value is -4.10. The quantitative estimate of drug-likeness (QED) is 0.289. The Morgan fingerprint density at radius 3 is 2.18 bits per heavy atom. The largest absolute Gasteiger partial charge is 0.457 e. The van der Waals surface area contributed by atoms with Crippen molar-refractivity contribution in [1.29, 1.82) is 0 Å². The summed E-state index contributed by atoms with van der Waals surface area (Å²) < 4.78 is 34.3. The summed E-state index contributed by atoms with van der Waals surface area (Å²) in [6, 6.07) is 30.2. The molecule has 1 aliphatic carbocycles. The van der Waals surface area contributed by atoms with Crippen LogP contribution in [0.5, 0.6) is 11.5 Å². The third kappa shape index (κ3) is 5.73. The molecule has 0 radical (unpaired) electrons. The van der Waals surface area contributed by atoms with E-state index in [1.54, 1.807) is 42.5 Å². The lowest BCUT2D eigenvalue weighted by Gasteiger charge is -2.25. The molecule has 0 aliphatic heterocycles. The van der Waals surface area contributed by atoms with Crippen LogP contribution < -0.4 is 14.4 Å². The van der Waals surface area contributed by atoms with Crippen LogP contribution >= 0.6 is 0 Å². The third-order valence-electron chi connectivity index (χ3n) is 6.72. The molecule has 1 aliphatic rings. The van der Waals surface area contributed by atoms with E-state index in [0.29, 0.717) is 17.2 Å². The highest BCUT2D eigenvalue weighted by Crippen LogP contribution is 2.29. The van der Waals surface area contributed by atoms with Gasteiger partial charge in [0, 0.05) is 0 Å². The van der Waals surface area contributed by atoms with Gasteiger partial charge in [-0.05, 0) is 91.4 Å². The minimum Gasteiger partial charge on any atom is -0.457 e. The van der Waals surface area contributed by atoms with Gasteiger partial charge in [-0.3, -0.25) is 9.10 Å². The lowest BCUT2D eigenvalue weighted by atomic mass is 10.0. The number of hydrogen-bond donors (Lipinski definition) is 1. The van der Waals surface area contributed by atoms with Crippen LogP contribution in [0, 0.1) is 0 Å². The van der Waals surface area contributed by atoms with Gasteiger partial charge in [0.15, 0.2) is 0 Å². The number of fused-ring (bicyclic) bond motifs is 1. The normalized spacial score (nSPS) is 13.4. The fraction of sp³-hybridized carbons (Fsp3) is 0.194. The summed E-state index contributed by atoms with van der Waals surface area (Å²) in [6.07, 6.45) is 3.30. The highest BCUT2D eigenvalue weighted by Gasteiger charge is 2.28. The average molecular weight is 527 g/mol. The van der Waals surface area contributed by atoms with Gasteiger partial charge in [0.25, 0.3) is 10.0 Å². The number of aryl methyl sites for hydroxylation is 2. The molecule has 7 heteroatoms. The summed E-state index contributed by atoms with van der Waals surface area (Å²) in [5.41, 5.74) is 4.08. The van der Waals surface area contributed by atoms with Crippen LogP contribution in [0.15, 0.2) is 108 Å². The molecule has 0 aromatic heterocycles. The fourth-order valence-corrected chi connectivity index (χ4v) is 6.14. The molecule has 0 spiro atoms. The van der Waals surface area contributed by atoms with Gasteiger partial charge >= 0.3 is 0 Å². The highest BCUT2D eigenvalue weighted by molar-refractivity contribution is 7.92. The van der Waals surface area contributed by atoms with Crippen LogP contribution in [-0.2, 0) is 27.7 Å². The molecule has 1 amide bonds. The summed E-state index contributed by atoms with van der Waals surface area (Å²) in [4.78, 5) is 13.3. The molecule has 4 aromatic carbocycles. The highest BCUT2D eigenvalue weighted by atomic mass is 32.2. The maximum absolute atomic E-state index is 13.6. The predicted octanol–water partition coefficient (Wildman–Crippen LogP) is 6.04. The number of ether oxygens (including phenoxy) is 1. The van der Waals surface area contributed by atoms with E-state index in [2.05, 4.69) is 17.4 Å².